The van der Waals surface area contributed by atoms with E-state index in [0.29, 0.717) is 11.3 Å². The van der Waals surface area contributed by atoms with Gasteiger partial charge in [-0.25, -0.2) is 4.98 Å². The number of nitrogens with zero attached hydrogens (tertiary/aromatic N) is 3. The van der Waals surface area contributed by atoms with E-state index < -0.39 is 4.92 Å². The number of anilines is 1. The van der Waals surface area contributed by atoms with Gasteiger partial charge in [-0.05, 0) is 35.9 Å². The van der Waals surface area contributed by atoms with Crippen molar-refractivity contribution in [3.63, 3.8) is 0 Å². The number of aromatic nitrogens is 2. The summed E-state index contributed by atoms with van der Waals surface area (Å²) in [5.74, 6) is -0.290. The van der Waals surface area contributed by atoms with Crippen molar-refractivity contribution < 1.29 is 9.72 Å². The van der Waals surface area contributed by atoms with Crippen LogP contribution in [0.15, 0.2) is 72.4 Å². The molecule has 0 radical (unpaired) electrons. The van der Waals surface area contributed by atoms with Gasteiger partial charge in [-0.1, -0.05) is 12.1 Å². The van der Waals surface area contributed by atoms with E-state index >= 15 is 0 Å². The molecule has 0 fully saturated rings. The van der Waals surface area contributed by atoms with E-state index in [2.05, 4.69) is 10.3 Å². The highest BCUT2D eigenvalue weighted by Crippen LogP contribution is 2.24. The van der Waals surface area contributed by atoms with Crippen LogP contribution in [0, 0.1) is 10.1 Å². The Labute approximate surface area is 163 Å². The molecule has 28 heavy (non-hydrogen) atoms. The average Bonchev–Trinajstić information content (AvgIpc) is 3.29. The fourth-order valence-electron chi connectivity index (χ4n) is 2.69. The zero-order chi connectivity index (χ0) is 19.5. The summed E-state index contributed by atoms with van der Waals surface area (Å²) < 4.78 is 1.96. The van der Waals surface area contributed by atoms with Gasteiger partial charge in [0.15, 0.2) is 4.96 Å². The summed E-state index contributed by atoms with van der Waals surface area (Å²) in [6.07, 6.45) is 6.89. The number of hydrogen-bond donors (Lipinski definition) is 1. The van der Waals surface area contributed by atoms with E-state index in [1.807, 2.05) is 40.4 Å². The predicted molar refractivity (Wildman–Crippen MR) is 109 cm³/mol. The summed E-state index contributed by atoms with van der Waals surface area (Å²) >= 11 is 1.56. The van der Waals surface area contributed by atoms with Crippen LogP contribution in [0.5, 0.6) is 0 Å². The highest BCUT2D eigenvalue weighted by molar-refractivity contribution is 7.15. The molecule has 2 aromatic heterocycles. The normalized spacial score (nSPS) is 11.1. The first-order chi connectivity index (χ1) is 13.6. The van der Waals surface area contributed by atoms with Crippen LogP contribution in [0.25, 0.3) is 22.3 Å². The van der Waals surface area contributed by atoms with Crippen molar-refractivity contribution in [1.82, 2.24) is 9.38 Å². The zero-order valence-corrected chi connectivity index (χ0v) is 15.3. The summed E-state index contributed by atoms with van der Waals surface area (Å²) in [7, 11) is 0. The third kappa shape index (κ3) is 3.81. The van der Waals surface area contributed by atoms with Crippen molar-refractivity contribution in [3.8, 4) is 11.3 Å². The van der Waals surface area contributed by atoms with Crippen LogP contribution in [0.2, 0.25) is 0 Å². The van der Waals surface area contributed by atoms with Crippen LogP contribution in [0.3, 0.4) is 0 Å². The molecule has 8 heteroatoms. The van der Waals surface area contributed by atoms with E-state index in [1.54, 1.807) is 35.6 Å². The molecule has 1 amide bonds. The van der Waals surface area contributed by atoms with E-state index in [1.165, 1.54) is 18.2 Å². The Morgan fingerprint density at radius 3 is 2.79 bits per heavy atom. The van der Waals surface area contributed by atoms with Crippen molar-refractivity contribution in [2.75, 3.05) is 5.32 Å². The zero-order valence-electron chi connectivity index (χ0n) is 14.5. The van der Waals surface area contributed by atoms with Crippen LogP contribution in [-0.2, 0) is 4.79 Å². The smallest absolute Gasteiger partial charge is 0.269 e. The highest BCUT2D eigenvalue weighted by Gasteiger charge is 2.07. The maximum atomic E-state index is 12.2. The second-order valence-corrected chi connectivity index (χ2v) is 6.84. The number of nitro groups is 1. The van der Waals surface area contributed by atoms with Crippen LogP contribution >= 0.6 is 11.3 Å². The summed E-state index contributed by atoms with van der Waals surface area (Å²) in [4.78, 5) is 27.9. The SMILES string of the molecule is O=C(/C=C/c1ccc([N+](=O)[O-])cc1)Nc1cccc(-c2cn3ccsc3n2)c1. The number of thiazole rings is 1. The van der Waals surface area contributed by atoms with Crippen molar-refractivity contribution in [3.05, 3.63) is 88.1 Å². The lowest BCUT2D eigenvalue weighted by molar-refractivity contribution is -0.384. The number of imidazole rings is 1. The molecular formula is C20H14N4O3S. The number of non-ortho nitro benzene ring substituents is 1. The van der Waals surface area contributed by atoms with Crippen LogP contribution in [0.4, 0.5) is 11.4 Å². The van der Waals surface area contributed by atoms with Gasteiger partial charge in [0.05, 0.1) is 10.6 Å². The quantitative estimate of drug-likeness (QED) is 0.306. The van der Waals surface area contributed by atoms with Crippen molar-refractivity contribution >= 4 is 39.7 Å². The molecular weight excluding hydrogens is 376 g/mol. The molecule has 2 aromatic carbocycles. The summed E-state index contributed by atoms with van der Waals surface area (Å²) in [6, 6.07) is 13.4. The minimum absolute atomic E-state index is 0.0116. The third-order valence-corrected chi connectivity index (χ3v) is 4.82. The fraction of sp³-hybridized carbons (Fsp3) is 0. The number of fused-ring (bicyclic) bond motifs is 1. The molecule has 0 unspecified atom stereocenters. The Balaban J connectivity index is 1.45. The Kier molecular flexibility index (Phi) is 4.69. The van der Waals surface area contributed by atoms with Crippen molar-refractivity contribution in [2.24, 2.45) is 0 Å². The lowest BCUT2D eigenvalue weighted by Crippen LogP contribution is -2.07. The molecule has 0 saturated heterocycles. The molecule has 0 bridgehead atoms. The number of carbonyl (C=O) groups excluding carboxylic acids is 1. The van der Waals surface area contributed by atoms with Gasteiger partial charge in [0.2, 0.25) is 5.91 Å². The number of amides is 1. The maximum Gasteiger partial charge on any atom is 0.269 e. The number of nitro benzene ring substituents is 1. The van der Waals surface area contributed by atoms with Crippen LogP contribution in [0.1, 0.15) is 5.56 Å². The standard InChI is InChI=1S/C20H14N4O3S/c25-19(9-6-14-4-7-17(8-5-14)24(26)27)21-16-3-1-2-15(12-16)18-13-23-10-11-28-20(23)22-18/h1-13H,(H,21,25)/b9-6+. The van der Waals surface area contributed by atoms with Gasteiger partial charge in [0, 0.05) is 47.2 Å². The molecule has 4 rings (SSSR count). The molecule has 4 aromatic rings. The monoisotopic (exact) mass is 390 g/mol. The number of rotatable bonds is 5. The van der Waals surface area contributed by atoms with Gasteiger partial charge in [-0.2, -0.15) is 0 Å². The van der Waals surface area contributed by atoms with E-state index in [9.17, 15) is 14.9 Å². The Morgan fingerprint density at radius 2 is 2.04 bits per heavy atom. The number of benzene rings is 2. The minimum Gasteiger partial charge on any atom is -0.322 e. The van der Waals surface area contributed by atoms with Crippen LogP contribution in [-0.4, -0.2) is 20.2 Å². The summed E-state index contributed by atoms with van der Waals surface area (Å²) in [6.45, 7) is 0. The Bertz CT molecular complexity index is 1160. The Hall–Kier alpha value is -3.78. The van der Waals surface area contributed by atoms with E-state index in [0.717, 1.165) is 16.2 Å². The third-order valence-electron chi connectivity index (χ3n) is 4.05. The molecule has 0 saturated carbocycles. The van der Waals surface area contributed by atoms with Crippen molar-refractivity contribution in [2.45, 2.75) is 0 Å². The predicted octanol–water partition coefficient (Wildman–Crippen LogP) is 4.62. The second kappa shape index (κ2) is 7.45. The molecule has 7 nitrogen and oxygen atoms in total. The molecule has 2 heterocycles. The first-order valence-electron chi connectivity index (χ1n) is 8.35. The molecule has 1 N–H and O–H groups in total. The average molecular weight is 390 g/mol. The molecule has 138 valence electrons. The lowest BCUT2D eigenvalue weighted by atomic mass is 10.1. The van der Waals surface area contributed by atoms with Gasteiger partial charge in [-0.3, -0.25) is 19.3 Å². The van der Waals surface area contributed by atoms with Crippen molar-refractivity contribution in [1.29, 1.82) is 0 Å². The molecule has 0 atom stereocenters. The topological polar surface area (TPSA) is 89.5 Å². The Morgan fingerprint density at radius 1 is 1.21 bits per heavy atom. The van der Waals surface area contributed by atoms with Crippen LogP contribution < -0.4 is 5.32 Å². The van der Waals surface area contributed by atoms with Gasteiger partial charge in [0.25, 0.3) is 5.69 Å². The maximum absolute atomic E-state index is 12.2. The van der Waals surface area contributed by atoms with Gasteiger partial charge in [-0.15, -0.1) is 11.3 Å². The lowest BCUT2D eigenvalue weighted by Gasteiger charge is -2.04. The fourth-order valence-corrected chi connectivity index (χ4v) is 3.39. The second-order valence-electron chi connectivity index (χ2n) is 5.97. The number of hydrogen-bond acceptors (Lipinski definition) is 5. The van der Waals surface area contributed by atoms with E-state index in [4.69, 9.17) is 0 Å². The number of carbonyl (C=O) groups is 1. The van der Waals surface area contributed by atoms with Gasteiger partial charge >= 0.3 is 0 Å². The van der Waals surface area contributed by atoms with Gasteiger partial charge < -0.3 is 5.32 Å². The molecule has 0 aliphatic rings. The largest absolute Gasteiger partial charge is 0.322 e. The van der Waals surface area contributed by atoms with Gasteiger partial charge in [0.1, 0.15) is 0 Å². The minimum atomic E-state index is -0.461. The molecule has 0 aliphatic carbocycles. The first-order valence-corrected chi connectivity index (χ1v) is 9.23. The molecule has 0 spiro atoms. The molecule has 0 aliphatic heterocycles. The number of nitrogens with one attached hydrogen (secondary N) is 1. The first kappa shape index (κ1) is 17.6. The summed E-state index contributed by atoms with van der Waals surface area (Å²) in [5, 5.41) is 15.5. The van der Waals surface area contributed by atoms with E-state index in [-0.39, 0.29) is 11.6 Å². The summed E-state index contributed by atoms with van der Waals surface area (Å²) in [5.41, 5.74) is 3.12. The highest BCUT2D eigenvalue weighted by atomic mass is 32.1.